The van der Waals surface area contributed by atoms with E-state index in [1.807, 2.05) is 29.0 Å². The van der Waals surface area contributed by atoms with Gasteiger partial charge in [-0.2, -0.15) is 0 Å². The topological polar surface area (TPSA) is 113 Å². The first kappa shape index (κ1) is 28.5. The third-order valence-electron chi connectivity index (χ3n) is 9.33. The highest BCUT2D eigenvalue weighted by molar-refractivity contribution is 5.96. The van der Waals surface area contributed by atoms with Gasteiger partial charge in [-0.05, 0) is 79.4 Å². The number of benzene rings is 2. The number of carbonyl (C=O) groups excluding carboxylic acids is 1. The molecule has 1 saturated carbocycles. The van der Waals surface area contributed by atoms with Gasteiger partial charge in [0.1, 0.15) is 5.82 Å². The zero-order valence-electron chi connectivity index (χ0n) is 25.3. The van der Waals surface area contributed by atoms with E-state index in [0.29, 0.717) is 24.1 Å². The maximum Gasteiger partial charge on any atom is 0.271 e. The van der Waals surface area contributed by atoms with E-state index in [4.69, 9.17) is 10.7 Å². The molecular formula is C34H40N8O2. The van der Waals surface area contributed by atoms with Crippen LogP contribution in [0.4, 0.5) is 17.3 Å². The fraction of sp³-hybridized carbons (Fsp3) is 0.412. The van der Waals surface area contributed by atoms with Crippen molar-refractivity contribution in [3.8, 4) is 0 Å². The second-order valence-corrected chi connectivity index (χ2v) is 12.6. The Morgan fingerprint density at radius 1 is 1.00 bits per heavy atom. The monoisotopic (exact) mass is 592 g/mol. The Labute approximate surface area is 257 Å². The highest BCUT2D eigenvalue weighted by atomic mass is 16.1. The maximum absolute atomic E-state index is 13.5. The van der Waals surface area contributed by atoms with Crippen molar-refractivity contribution in [1.29, 1.82) is 0 Å². The van der Waals surface area contributed by atoms with Crippen molar-refractivity contribution in [1.82, 2.24) is 24.3 Å². The summed E-state index contributed by atoms with van der Waals surface area (Å²) in [5.41, 5.74) is 9.21. The summed E-state index contributed by atoms with van der Waals surface area (Å²) in [6, 6.07) is 16.6. The molecule has 3 N–H and O–H groups in total. The number of fused-ring (bicyclic) bond motifs is 1. The fourth-order valence-corrected chi connectivity index (χ4v) is 6.52. The van der Waals surface area contributed by atoms with E-state index in [-0.39, 0.29) is 17.3 Å². The number of primary amides is 1. The van der Waals surface area contributed by atoms with Gasteiger partial charge < -0.3 is 25.4 Å². The van der Waals surface area contributed by atoms with Crippen molar-refractivity contribution < 1.29 is 4.79 Å². The van der Waals surface area contributed by atoms with E-state index in [0.717, 1.165) is 68.6 Å². The summed E-state index contributed by atoms with van der Waals surface area (Å²) in [5, 5.41) is 5.06. The van der Waals surface area contributed by atoms with Gasteiger partial charge in [-0.3, -0.25) is 14.5 Å². The number of nitrogens with two attached hydrogens (primary N) is 1. The van der Waals surface area contributed by atoms with Crippen molar-refractivity contribution in [2.24, 2.45) is 5.73 Å². The van der Waals surface area contributed by atoms with Crippen molar-refractivity contribution in [3.63, 3.8) is 0 Å². The summed E-state index contributed by atoms with van der Waals surface area (Å²) in [6.07, 6.45) is 7.84. The first-order valence-corrected chi connectivity index (χ1v) is 15.7. The molecule has 1 aliphatic carbocycles. The highest BCUT2D eigenvalue weighted by Crippen LogP contribution is 2.40. The summed E-state index contributed by atoms with van der Waals surface area (Å²) >= 11 is 0. The summed E-state index contributed by atoms with van der Waals surface area (Å²) in [7, 11) is 2.16. The van der Waals surface area contributed by atoms with Gasteiger partial charge in [0.2, 0.25) is 0 Å². The smallest absolute Gasteiger partial charge is 0.271 e. The maximum atomic E-state index is 13.5. The fourth-order valence-electron chi connectivity index (χ4n) is 6.52. The average molecular weight is 593 g/mol. The summed E-state index contributed by atoms with van der Waals surface area (Å²) in [6.45, 7) is 6.62. The van der Waals surface area contributed by atoms with Gasteiger partial charge in [-0.25, -0.2) is 9.97 Å². The lowest BCUT2D eigenvalue weighted by Crippen LogP contribution is -2.43. The molecule has 44 heavy (non-hydrogen) atoms. The Bertz CT molecular complexity index is 1720. The van der Waals surface area contributed by atoms with Crippen LogP contribution < -0.4 is 21.5 Å². The number of piperidine rings is 1. The number of amides is 1. The molecule has 4 heterocycles. The van der Waals surface area contributed by atoms with E-state index >= 15 is 0 Å². The number of hydrogen-bond donors (Lipinski definition) is 2. The number of likely N-dealkylation sites (N-methyl/N-ethyl adjacent to an activating group) is 1. The SMILES string of the molecule is CN1CCN(Cc2ccc(Nc3nc(N4CCC[C@@H](n5ccc6cc(C7CC7)ccc6c5=O)C4)cnc3C(N)=O)cc2)CC1. The van der Waals surface area contributed by atoms with Gasteiger partial charge in [-0.15, -0.1) is 0 Å². The van der Waals surface area contributed by atoms with E-state index in [1.165, 1.54) is 24.0 Å². The van der Waals surface area contributed by atoms with Crippen molar-refractivity contribution >= 4 is 34.0 Å². The molecule has 1 atom stereocenters. The minimum atomic E-state index is -0.637. The molecule has 10 heteroatoms. The Kier molecular flexibility index (Phi) is 7.78. The number of pyridine rings is 1. The van der Waals surface area contributed by atoms with Crippen molar-refractivity contribution in [2.75, 3.05) is 56.5 Å². The van der Waals surface area contributed by atoms with Crippen molar-refractivity contribution in [2.45, 2.75) is 44.2 Å². The number of anilines is 3. The van der Waals surface area contributed by atoms with Gasteiger partial charge in [0.15, 0.2) is 11.5 Å². The minimum Gasteiger partial charge on any atom is -0.364 e. The van der Waals surface area contributed by atoms with E-state index in [9.17, 15) is 9.59 Å². The molecule has 2 aromatic heterocycles. The van der Waals surface area contributed by atoms with Gasteiger partial charge in [0, 0.05) is 63.1 Å². The van der Waals surface area contributed by atoms with Crippen LogP contribution in [-0.2, 0) is 6.54 Å². The molecule has 2 saturated heterocycles. The van der Waals surface area contributed by atoms with Crippen LogP contribution in [-0.4, -0.2) is 76.6 Å². The van der Waals surface area contributed by atoms with Gasteiger partial charge >= 0.3 is 0 Å². The lowest BCUT2D eigenvalue weighted by molar-refractivity contribution is 0.0996. The highest BCUT2D eigenvalue weighted by Gasteiger charge is 2.26. The molecule has 228 valence electrons. The van der Waals surface area contributed by atoms with E-state index < -0.39 is 5.91 Å². The number of rotatable bonds is 8. The van der Waals surface area contributed by atoms with E-state index in [1.54, 1.807) is 6.20 Å². The lowest BCUT2D eigenvalue weighted by Gasteiger charge is -2.34. The molecular weight excluding hydrogens is 552 g/mol. The zero-order chi connectivity index (χ0) is 30.2. The zero-order valence-corrected chi connectivity index (χ0v) is 25.3. The molecule has 3 aliphatic rings. The quantitative estimate of drug-likeness (QED) is 0.315. The van der Waals surface area contributed by atoms with Crippen molar-refractivity contribution in [3.05, 3.63) is 88.1 Å². The summed E-state index contributed by atoms with van der Waals surface area (Å²) in [4.78, 5) is 42.0. The second kappa shape index (κ2) is 12.0. The third-order valence-corrected chi connectivity index (χ3v) is 9.33. The van der Waals surface area contributed by atoms with Crippen LogP contribution in [0, 0.1) is 0 Å². The summed E-state index contributed by atoms with van der Waals surface area (Å²) < 4.78 is 1.87. The van der Waals surface area contributed by atoms with Crippen LogP contribution in [0.3, 0.4) is 0 Å². The van der Waals surface area contributed by atoms with Crippen LogP contribution >= 0.6 is 0 Å². The second-order valence-electron chi connectivity index (χ2n) is 12.6. The Morgan fingerprint density at radius 3 is 2.55 bits per heavy atom. The Balaban J connectivity index is 1.08. The first-order valence-electron chi connectivity index (χ1n) is 15.7. The average Bonchev–Trinajstić information content (AvgIpc) is 3.89. The molecule has 10 nitrogen and oxygen atoms in total. The molecule has 2 aliphatic heterocycles. The van der Waals surface area contributed by atoms with Crippen LogP contribution in [0.5, 0.6) is 0 Å². The normalized spacial score (nSPS) is 19.8. The van der Waals surface area contributed by atoms with Gasteiger partial charge in [0.05, 0.1) is 12.2 Å². The number of nitrogens with zero attached hydrogens (tertiary/aromatic N) is 6. The molecule has 0 bridgehead atoms. The molecule has 7 rings (SSSR count). The number of nitrogens with one attached hydrogen (secondary N) is 1. The Morgan fingerprint density at radius 2 is 1.80 bits per heavy atom. The molecule has 4 aromatic rings. The van der Waals surface area contributed by atoms with Crippen LogP contribution in [0.25, 0.3) is 10.8 Å². The third kappa shape index (κ3) is 6.05. The predicted octanol–water partition coefficient (Wildman–Crippen LogP) is 4.10. The molecule has 0 unspecified atom stereocenters. The number of aromatic nitrogens is 3. The predicted molar refractivity (Wildman–Crippen MR) is 174 cm³/mol. The van der Waals surface area contributed by atoms with Crippen LogP contribution in [0.2, 0.25) is 0 Å². The molecule has 0 spiro atoms. The molecule has 3 fully saturated rings. The minimum absolute atomic E-state index is 0.00522. The largest absolute Gasteiger partial charge is 0.364 e. The summed E-state index contributed by atoms with van der Waals surface area (Å²) in [5.74, 6) is 0.999. The van der Waals surface area contributed by atoms with Crippen LogP contribution in [0.15, 0.2) is 65.7 Å². The number of carbonyl (C=O) groups is 1. The van der Waals surface area contributed by atoms with Crippen LogP contribution in [0.1, 0.15) is 59.3 Å². The van der Waals surface area contributed by atoms with E-state index in [2.05, 4.69) is 62.4 Å². The lowest BCUT2D eigenvalue weighted by atomic mass is 10.0. The first-order chi connectivity index (χ1) is 21.4. The standard InChI is InChI=1S/C34H40N8O2/c1-39-15-17-40(18-16-39)21-23-4-9-27(10-5-23)37-33-31(32(35)43)36-20-30(38-33)41-13-2-3-28(22-41)42-14-12-26-19-25(24-6-7-24)8-11-29(26)34(42)44/h4-5,8-12,14,19-20,24,28H,2-3,6-7,13,15-18,21-22H2,1H3,(H2,35,43)(H,37,38)/t28-/m1/s1. The van der Waals surface area contributed by atoms with Gasteiger partial charge in [-0.1, -0.05) is 24.3 Å². The molecule has 0 radical (unpaired) electrons. The number of piperazine rings is 1. The molecule has 1 amide bonds. The Hall–Kier alpha value is -4.28. The molecule has 2 aromatic carbocycles. The van der Waals surface area contributed by atoms with Gasteiger partial charge in [0.25, 0.3) is 11.5 Å². The number of hydrogen-bond acceptors (Lipinski definition) is 8.